The number of halogens is 1. The van der Waals surface area contributed by atoms with Crippen LogP contribution in [0.2, 0.25) is 0 Å². The van der Waals surface area contributed by atoms with Crippen molar-refractivity contribution in [3.63, 3.8) is 0 Å². The van der Waals surface area contributed by atoms with Gasteiger partial charge < -0.3 is 9.47 Å². The van der Waals surface area contributed by atoms with Crippen LogP contribution in [0.5, 0.6) is 17.4 Å². The summed E-state index contributed by atoms with van der Waals surface area (Å²) in [5.41, 5.74) is 0. The number of hydrogen-bond acceptors (Lipinski definition) is 4. The van der Waals surface area contributed by atoms with Gasteiger partial charge >= 0.3 is 0 Å². The number of aromatic nitrogens is 2. The summed E-state index contributed by atoms with van der Waals surface area (Å²) < 4.78 is 11.9. The fourth-order valence-electron chi connectivity index (χ4n) is 1.88. The average Bonchev–Trinajstić information content (AvgIpc) is 3.25. The van der Waals surface area contributed by atoms with Crippen LogP contribution in [0.1, 0.15) is 31.5 Å². The number of rotatable bonds is 5. The normalized spacial score (nSPS) is 14.1. The van der Waals surface area contributed by atoms with Crippen LogP contribution in [0.3, 0.4) is 0 Å². The van der Waals surface area contributed by atoms with Crippen LogP contribution in [0, 0.1) is 0 Å². The van der Waals surface area contributed by atoms with Crippen LogP contribution in [0.15, 0.2) is 34.9 Å². The number of benzene rings is 1. The molecule has 0 atom stereocenters. The molecule has 4 nitrogen and oxygen atoms in total. The molecule has 5 heteroatoms. The molecule has 0 N–H and O–H groups in total. The Bertz CT molecular complexity index is 597. The largest absolute Gasteiger partial charge is 0.494 e. The molecule has 1 aromatic heterocycles. The van der Waals surface area contributed by atoms with E-state index in [0.717, 1.165) is 21.9 Å². The Kier molecular flexibility index (Phi) is 3.87. The first-order chi connectivity index (χ1) is 9.74. The highest BCUT2D eigenvalue weighted by Crippen LogP contribution is 2.39. The van der Waals surface area contributed by atoms with Gasteiger partial charge in [-0.1, -0.05) is 0 Å². The highest BCUT2D eigenvalue weighted by atomic mass is 79.9. The molecule has 0 saturated heterocycles. The number of hydrogen-bond donors (Lipinski definition) is 0. The molecule has 2 aromatic rings. The maximum Gasteiger partial charge on any atom is 0.223 e. The topological polar surface area (TPSA) is 44.2 Å². The molecule has 20 heavy (non-hydrogen) atoms. The second-order valence-corrected chi connectivity index (χ2v) is 5.48. The molecule has 1 fully saturated rings. The van der Waals surface area contributed by atoms with Gasteiger partial charge in [0.25, 0.3) is 0 Å². The van der Waals surface area contributed by atoms with Gasteiger partial charge in [0.1, 0.15) is 21.9 Å². The Morgan fingerprint density at radius 2 is 1.85 bits per heavy atom. The van der Waals surface area contributed by atoms with E-state index in [1.165, 1.54) is 12.8 Å². The van der Waals surface area contributed by atoms with Gasteiger partial charge in [-0.05, 0) is 60.0 Å². The van der Waals surface area contributed by atoms with Gasteiger partial charge in [0, 0.05) is 12.0 Å². The number of ether oxygens (including phenoxy) is 2. The standard InChI is InChI=1S/C15H15BrN2O2/c1-2-19-11-5-7-12(8-6-11)20-14-9-13(16)17-15(18-14)10-3-4-10/h5-10H,2-4H2,1H3. The van der Waals surface area contributed by atoms with Crippen molar-refractivity contribution in [3.8, 4) is 17.4 Å². The van der Waals surface area contributed by atoms with Gasteiger partial charge in [-0.2, -0.15) is 4.98 Å². The zero-order valence-electron chi connectivity index (χ0n) is 11.2. The van der Waals surface area contributed by atoms with E-state index in [-0.39, 0.29) is 0 Å². The zero-order valence-corrected chi connectivity index (χ0v) is 12.8. The minimum Gasteiger partial charge on any atom is -0.494 e. The van der Waals surface area contributed by atoms with Gasteiger partial charge in [0.15, 0.2) is 0 Å². The molecular weight excluding hydrogens is 320 g/mol. The second kappa shape index (κ2) is 5.79. The molecule has 0 amide bonds. The van der Waals surface area contributed by atoms with Crippen molar-refractivity contribution in [1.29, 1.82) is 0 Å². The van der Waals surface area contributed by atoms with E-state index in [1.54, 1.807) is 6.07 Å². The molecule has 0 spiro atoms. The first-order valence-electron chi connectivity index (χ1n) is 6.70. The van der Waals surface area contributed by atoms with E-state index in [1.807, 2.05) is 31.2 Å². The summed E-state index contributed by atoms with van der Waals surface area (Å²) in [6, 6.07) is 9.30. The fourth-order valence-corrected chi connectivity index (χ4v) is 2.26. The van der Waals surface area contributed by atoms with Crippen LogP contribution in [0.25, 0.3) is 0 Å². The molecule has 0 aliphatic heterocycles. The van der Waals surface area contributed by atoms with Crippen molar-refractivity contribution in [1.82, 2.24) is 9.97 Å². The summed E-state index contributed by atoms with van der Waals surface area (Å²) >= 11 is 3.40. The van der Waals surface area contributed by atoms with E-state index < -0.39 is 0 Å². The van der Waals surface area contributed by atoms with E-state index in [0.29, 0.717) is 18.4 Å². The maximum absolute atomic E-state index is 5.77. The van der Waals surface area contributed by atoms with Gasteiger partial charge in [0.2, 0.25) is 5.88 Å². The summed E-state index contributed by atoms with van der Waals surface area (Å²) in [4.78, 5) is 8.84. The van der Waals surface area contributed by atoms with Crippen LogP contribution in [-0.2, 0) is 0 Å². The van der Waals surface area contributed by atoms with Crippen molar-refractivity contribution in [2.45, 2.75) is 25.7 Å². The molecular formula is C15H15BrN2O2. The summed E-state index contributed by atoms with van der Waals surface area (Å²) in [6.45, 7) is 2.62. The Morgan fingerprint density at radius 1 is 1.15 bits per heavy atom. The van der Waals surface area contributed by atoms with E-state index in [2.05, 4.69) is 25.9 Å². The summed E-state index contributed by atoms with van der Waals surface area (Å²) in [5.74, 6) is 3.50. The van der Waals surface area contributed by atoms with E-state index >= 15 is 0 Å². The Morgan fingerprint density at radius 3 is 2.50 bits per heavy atom. The molecule has 1 aliphatic rings. The van der Waals surface area contributed by atoms with Crippen molar-refractivity contribution < 1.29 is 9.47 Å². The maximum atomic E-state index is 5.77. The summed E-state index contributed by atoms with van der Waals surface area (Å²) in [6.07, 6.45) is 2.33. The third kappa shape index (κ3) is 3.28. The molecule has 3 rings (SSSR count). The summed E-state index contributed by atoms with van der Waals surface area (Å²) in [5, 5.41) is 0. The average molecular weight is 335 g/mol. The minimum absolute atomic E-state index is 0.496. The molecule has 0 unspecified atom stereocenters. The first kappa shape index (κ1) is 13.4. The lowest BCUT2D eigenvalue weighted by molar-refractivity contribution is 0.339. The van der Waals surface area contributed by atoms with Crippen molar-refractivity contribution in [2.24, 2.45) is 0 Å². The lowest BCUT2D eigenvalue weighted by atomic mass is 10.3. The quantitative estimate of drug-likeness (QED) is 0.764. The molecule has 1 aliphatic carbocycles. The third-order valence-corrected chi connectivity index (χ3v) is 3.39. The van der Waals surface area contributed by atoms with Gasteiger partial charge in [-0.3, -0.25) is 0 Å². The van der Waals surface area contributed by atoms with Crippen LogP contribution in [-0.4, -0.2) is 16.6 Å². The highest BCUT2D eigenvalue weighted by Gasteiger charge is 2.27. The Hall–Kier alpha value is -1.62. The van der Waals surface area contributed by atoms with E-state index in [9.17, 15) is 0 Å². The molecule has 1 aromatic carbocycles. The van der Waals surface area contributed by atoms with Gasteiger partial charge in [-0.15, -0.1) is 0 Å². The van der Waals surface area contributed by atoms with Gasteiger partial charge in [-0.25, -0.2) is 4.98 Å². The molecule has 104 valence electrons. The third-order valence-electron chi connectivity index (χ3n) is 2.99. The van der Waals surface area contributed by atoms with Crippen LogP contribution < -0.4 is 9.47 Å². The lowest BCUT2D eigenvalue weighted by Crippen LogP contribution is -1.96. The predicted octanol–water partition coefficient (Wildman–Crippen LogP) is 4.31. The summed E-state index contributed by atoms with van der Waals surface area (Å²) in [7, 11) is 0. The molecule has 0 bridgehead atoms. The molecule has 0 radical (unpaired) electrons. The number of nitrogens with zero attached hydrogens (tertiary/aromatic N) is 2. The Balaban J connectivity index is 1.76. The van der Waals surface area contributed by atoms with Crippen molar-refractivity contribution in [2.75, 3.05) is 6.61 Å². The predicted molar refractivity (Wildman–Crippen MR) is 79.4 cm³/mol. The van der Waals surface area contributed by atoms with E-state index in [4.69, 9.17) is 9.47 Å². The fraction of sp³-hybridized carbons (Fsp3) is 0.333. The van der Waals surface area contributed by atoms with Crippen molar-refractivity contribution in [3.05, 3.63) is 40.8 Å². The highest BCUT2D eigenvalue weighted by molar-refractivity contribution is 9.10. The minimum atomic E-state index is 0.496. The first-order valence-corrected chi connectivity index (χ1v) is 7.49. The molecule has 1 heterocycles. The van der Waals surface area contributed by atoms with Crippen LogP contribution >= 0.6 is 15.9 Å². The smallest absolute Gasteiger partial charge is 0.223 e. The lowest BCUT2D eigenvalue weighted by Gasteiger charge is -2.08. The zero-order chi connectivity index (χ0) is 13.9. The van der Waals surface area contributed by atoms with Gasteiger partial charge in [0.05, 0.1) is 6.61 Å². The van der Waals surface area contributed by atoms with Crippen LogP contribution in [0.4, 0.5) is 0 Å². The second-order valence-electron chi connectivity index (χ2n) is 4.67. The Labute approximate surface area is 126 Å². The monoisotopic (exact) mass is 334 g/mol. The SMILES string of the molecule is CCOc1ccc(Oc2cc(Br)nc(C3CC3)n2)cc1. The van der Waals surface area contributed by atoms with Crippen molar-refractivity contribution >= 4 is 15.9 Å². The molecule has 1 saturated carbocycles.